The first kappa shape index (κ1) is 60.2. The van der Waals surface area contributed by atoms with E-state index in [1.807, 2.05) is 0 Å². The normalized spacial score (nSPS) is 12.0. The van der Waals surface area contributed by atoms with Crippen LogP contribution in [-0.4, -0.2) is 37.2 Å². The van der Waals surface area contributed by atoms with Crippen molar-refractivity contribution in [2.75, 3.05) is 13.2 Å². The van der Waals surface area contributed by atoms with Gasteiger partial charge in [0.1, 0.15) is 13.2 Å². The van der Waals surface area contributed by atoms with E-state index in [0.717, 1.165) is 64.2 Å². The second kappa shape index (κ2) is 51.8. The molecule has 6 nitrogen and oxygen atoms in total. The average molecular weight is 875 g/mol. The number of allylic oxidation sites excluding steroid dienone is 2. The Balaban J connectivity index is 4.26. The fourth-order valence-electron chi connectivity index (χ4n) is 8.32. The highest BCUT2D eigenvalue weighted by atomic mass is 16.6. The Bertz CT molecular complexity index is 962. The van der Waals surface area contributed by atoms with Gasteiger partial charge in [-0.25, -0.2) is 0 Å². The van der Waals surface area contributed by atoms with Crippen molar-refractivity contribution in [3.05, 3.63) is 12.2 Å². The molecule has 0 unspecified atom stereocenters. The summed E-state index contributed by atoms with van der Waals surface area (Å²) < 4.78 is 16.8. The highest BCUT2D eigenvalue weighted by Crippen LogP contribution is 2.17. The van der Waals surface area contributed by atoms with Gasteiger partial charge in [0.05, 0.1) is 0 Å². The summed E-state index contributed by atoms with van der Waals surface area (Å²) in [6, 6.07) is 0. The first-order chi connectivity index (χ1) is 30.5. The van der Waals surface area contributed by atoms with E-state index in [2.05, 4.69) is 32.9 Å². The summed E-state index contributed by atoms with van der Waals surface area (Å²) in [4.78, 5) is 38.0. The van der Waals surface area contributed by atoms with Gasteiger partial charge in [0.15, 0.2) is 6.10 Å². The Morgan fingerprint density at radius 3 is 0.806 bits per heavy atom. The van der Waals surface area contributed by atoms with Crippen LogP contribution in [0.1, 0.15) is 310 Å². The predicted molar refractivity (Wildman–Crippen MR) is 266 cm³/mol. The lowest BCUT2D eigenvalue weighted by molar-refractivity contribution is -0.167. The van der Waals surface area contributed by atoms with Gasteiger partial charge in [-0.2, -0.15) is 0 Å². The van der Waals surface area contributed by atoms with Crippen LogP contribution in [0.4, 0.5) is 0 Å². The molecule has 1 atom stereocenters. The molecule has 366 valence electrons. The molecule has 6 heteroatoms. The second-order valence-electron chi connectivity index (χ2n) is 18.9. The van der Waals surface area contributed by atoms with E-state index < -0.39 is 6.10 Å². The van der Waals surface area contributed by atoms with Gasteiger partial charge >= 0.3 is 17.9 Å². The average Bonchev–Trinajstić information content (AvgIpc) is 3.27. The molecule has 0 amide bonds. The molecule has 0 bridgehead atoms. The molecule has 0 saturated carbocycles. The molecule has 62 heavy (non-hydrogen) atoms. The molecule has 0 spiro atoms. The largest absolute Gasteiger partial charge is 0.462 e. The van der Waals surface area contributed by atoms with Crippen LogP contribution in [0, 0.1) is 0 Å². The van der Waals surface area contributed by atoms with Crippen molar-refractivity contribution in [2.24, 2.45) is 0 Å². The minimum absolute atomic E-state index is 0.0678. The van der Waals surface area contributed by atoms with Crippen molar-refractivity contribution < 1.29 is 28.6 Å². The Hall–Kier alpha value is -1.85. The van der Waals surface area contributed by atoms with Crippen LogP contribution in [0.15, 0.2) is 12.2 Å². The summed E-state index contributed by atoms with van der Waals surface area (Å²) in [6.45, 7) is 6.66. The molecule has 0 radical (unpaired) electrons. The van der Waals surface area contributed by atoms with E-state index >= 15 is 0 Å². The molecule has 0 rings (SSSR count). The van der Waals surface area contributed by atoms with Gasteiger partial charge in [-0.3, -0.25) is 14.4 Å². The number of hydrogen-bond acceptors (Lipinski definition) is 6. The standard InChI is InChI=1S/C56H106O6/c1-4-7-10-13-16-19-22-24-26-27-28-29-31-32-34-37-40-43-46-49-55(58)61-52-53(51-60-54(57)48-45-42-39-36-21-18-15-12-9-6-3)62-56(59)50-47-44-41-38-35-33-30-25-23-20-17-14-11-8-5-2/h25,30,53H,4-24,26-29,31-52H2,1-3H3/b30-25-/t53-/m1/s1. The molecule has 0 fully saturated rings. The Morgan fingerprint density at radius 1 is 0.306 bits per heavy atom. The highest BCUT2D eigenvalue weighted by molar-refractivity contribution is 5.71. The van der Waals surface area contributed by atoms with Crippen LogP contribution in [-0.2, 0) is 28.6 Å². The van der Waals surface area contributed by atoms with Crippen molar-refractivity contribution >= 4 is 17.9 Å². The van der Waals surface area contributed by atoms with Crippen molar-refractivity contribution in [2.45, 2.75) is 316 Å². The van der Waals surface area contributed by atoms with Crippen molar-refractivity contribution in [3.8, 4) is 0 Å². The molecule has 0 aromatic heterocycles. The number of carbonyl (C=O) groups excluding carboxylic acids is 3. The molecule has 0 heterocycles. The third-order valence-electron chi connectivity index (χ3n) is 12.5. The summed E-state index contributed by atoms with van der Waals surface area (Å²) >= 11 is 0. The monoisotopic (exact) mass is 875 g/mol. The Kier molecular flexibility index (Phi) is 50.2. The zero-order chi connectivity index (χ0) is 45.1. The van der Waals surface area contributed by atoms with Gasteiger partial charge in [-0.15, -0.1) is 0 Å². The molecule has 0 aromatic rings. The maximum Gasteiger partial charge on any atom is 0.306 e. The van der Waals surface area contributed by atoms with Crippen molar-refractivity contribution in [3.63, 3.8) is 0 Å². The van der Waals surface area contributed by atoms with E-state index in [1.54, 1.807) is 0 Å². The van der Waals surface area contributed by atoms with Gasteiger partial charge in [-0.1, -0.05) is 258 Å². The number of esters is 3. The molecular formula is C56H106O6. The number of rotatable bonds is 51. The van der Waals surface area contributed by atoms with Gasteiger partial charge in [0.25, 0.3) is 0 Å². The minimum Gasteiger partial charge on any atom is -0.462 e. The third-order valence-corrected chi connectivity index (χ3v) is 12.5. The summed E-state index contributed by atoms with van der Waals surface area (Å²) in [5.41, 5.74) is 0. The first-order valence-electron chi connectivity index (χ1n) is 27.7. The number of carbonyl (C=O) groups is 3. The zero-order valence-electron chi connectivity index (χ0n) is 41.9. The van der Waals surface area contributed by atoms with E-state index in [1.165, 1.54) is 205 Å². The lowest BCUT2D eigenvalue weighted by atomic mass is 10.0. The number of unbranched alkanes of at least 4 members (excludes halogenated alkanes) is 38. The van der Waals surface area contributed by atoms with E-state index in [-0.39, 0.29) is 31.1 Å². The highest BCUT2D eigenvalue weighted by Gasteiger charge is 2.19. The van der Waals surface area contributed by atoms with Crippen LogP contribution < -0.4 is 0 Å². The Morgan fingerprint density at radius 2 is 0.532 bits per heavy atom. The van der Waals surface area contributed by atoms with Gasteiger partial charge < -0.3 is 14.2 Å². The van der Waals surface area contributed by atoms with E-state index in [4.69, 9.17) is 14.2 Å². The molecule has 0 aliphatic carbocycles. The maximum atomic E-state index is 12.8. The second-order valence-corrected chi connectivity index (χ2v) is 18.9. The molecule has 0 saturated heterocycles. The van der Waals surface area contributed by atoms with Crippen LogP contribution in [0.5, 0.6) is 0 Å². The topological polar surface area (TPSA) is 78.9 Å². The lowest BCUT2D eigenvalue weighted by Gasteiger charge is -2.18. The summed E-state index contributed by atoms with van der Waals surface area (Å²) in [6.07, 6.45) is 57.7. The fraction of sp³-hybridized carbons (Fsp3) is 0.911. The minimum atomic E-state index is -0.767. The number of ether oxygens (including phenoxy) is 3. The van der Waals surface area contributed by atoms with Gasteiger partial charge in [0, 0.05) is 19.3 Å². The smallest absolute Gasteiger partial charge is 0.306 e. The predicted octanol–water partition coefficient (Wildman–Crippen LogP) is 18.2. The summed E-state index contributed by atoms with van der Waals surface area (Å²) in [5.74, 6) is -0.858. The fourth-order valence-corrected chi connectivity index (χ4v) is 8.32. The van der Waals surface area contributed by atoms with Crippen molar-refractivity contribution in [1.82, 2.24) is 0 Å². The molecule has 0 aliphatic rings. The lowest BCUT2D eigenvalue weighted by Crippen LogP contribution is -2.30. The van der Waals surface area contributed by atoms with Gasteiger partial charge in [0.2, 0.25) is 0 Å². The first-order valence-corrected chi connectivity index (χ1v) is 27.7. The van der Waals surface area contributed by atoms with Crippen molar-refractivity contribution in [1.29, 1.82) is 0 Å². The quantitative estimate of drug-likeness (QED) is 0.0262. The summed E-state index contributed by atoms with van der Waals surface area (Å²) in [7, 11) is 0. The molecule has 0 aliphatic heterocycles. The summed E-state index contributed by atoms with van der Waals surface area (Å²) in [5, 5.41) is 0. The van der Waals surface area contributed by atoms with E-state index in [9.17, 15) is 14.4 Å². The third kappa shape index (κ3) is 49.2. The number of hydrogen-bond donors (Lipinski definition) is 0. The van der Waals surface area contributed by atoms with Crippen LogP contribution in [0.25, 0.3) is 0 Å². The van der Waals surface area contributed by atoms with E-state index in [0.29, 0.717) is 19.3 Å². The Labute approximate surface area is 386 Å². The SMILES string of the molecule is CCCCCCCC/C=C\CCCCCCCC(=O)O[C@H](COC(=O)CCCCCCCCCCCC)COC(=O)CCCCCCCCCCCCCCCCCCCCC. The van der Waals surface area contributed by atoms with Crippen LogP contribution in [0.3, 0.4) is 0 Å². The molecule has 0 aromatic carbocycles. The van der Waals surface area contributed by atoms with Crippen LogP contribution >= 0.6 is 0 Å². The van der Waals surface area contributed by atoms with Crippen LogP contribution in [0.2, 0.25) is 0 Å². The molecule has 0 N–H and O–H groups in total. The maximum absolute atomic E-state index is 12.8. The van der Waals surface area contributed by atoms with Gasteiger partial charge in [-0.05, 0) is 44.9 Å². The molecular weight excluding hydrogens is 769 g/mol. The zero-order valence-corrected chi connectivity index (χ0v) is 41.9.